The molecular weight excluding hydrogens is 244 g/mol. The first-order chi connectivity index (χ1) is 9.88. The highest BCUT2D eigenvalue weighted by molar-refractivity contribution is 5.86. The lowest BCUT2D eigenvalue weighted by molar-refractivity contribution is 0.302. The van der Waals surface area contributed by atoms with Crippen LogP contribution >= 0.6 is 0 Å². The molecule has 3 N–H and O–H groups in total. The van der Waals surface area contributed by atoms with Crippen LogP contribution in [0.15, 0.2) is 42.5 Å². The molecule has 1 unspecified atom stereocenters. The molecule has 0 aliphatic heterocycles. The molecule has 1 saturated carbocycles. The van der Waals surface area contributed by atoms with Crippen molar-refractivity contribution in [2.45, 2.75) is 44.6 Å². The third-order valence-electron chi connectivity index (χ3n) is 4.69. The maximum absolute atomic E-state index is 5.86. The van der Waals surface area contributed by atoms with Gasteiger partial charge in [0, 0.05) is 6.04 Å². The monoisotopic (exact) mass is 268 g/mol. The molecule has 2 nitrogen and oxygen atoms in total. The molecule has 0 amide bonds. The minimum atomic E-state index is 0.268. The summed E-state index contributed by atoms with van der Waals surface area (Å²) in [7, 11) is 0. The van der Waals surface area contributed by atoms with Crippen LogP contribution in [0.3, 0.4) is 0 Å². The normalized spacial score (nSPS) is 18.2. The van der Waals surface area contributed by atoms with Crippen molar-refractivity contribution in [1.29, 1.82) is 0 Å². The van der Waals surface area contributed by atoms with Gasteiger partial charge in [0.15, 0.2) is 0 Å². The fourth-order valence-electron chi connectivity index (χ4n) is 3.60. The topological polar surface area (TPSA) is 38.0 Å². The molecule has 2 aromatic carbocycles. The number of nitrogens with one attached hydrogen (secondary N) is 1. The summed E-state index contributed by atoms with van der Waals surface area (Å²) in [6.45, 7) is 0. The number of hydrogen-bond acceptors (Lipinski definition) is 2. The molecule has 0 bridgehead atoms. The second-order valence-corrected chi connectivity index (χ2v) is 6.03. The van der Waals surface area contributed by atoms with E-state index in [1.54, 1.807) is 0 Å². The van der Waals surface area contributed by atoms with E-state index in [4.69, 9.17) is 5.84 Å². The van der Waals surface area contributed by atoms with E-state index in [2.05, 4.69) is 47.9 Å². The van der Waals surface area contributed by atoms with E-state index >= 15 is 0 Å². The van der Waals surface area contributed by atoms with Gasteiger partial charge in [-0.15, -0.1) is 0 Å². The first kappa shape index (κ1) is 13.6. The highest BCUT2D eigenvalue weighted by Gasteiger charge is 2.20. The van der Waals surface area contributed by atoms with Crippen molar-refractivity contribution in [2.75, 3.05) is 0 Å². The molecule has 106 valence electrons. The quantitative estimate of drug-likeness (QED) is 0.640. The van der Waals surface area contributed by atoms with Gasteiger partial charge in [-0.1, -0.05) is 74.6 Å². The minimum Gasteiger partial charge on any atom is -0.271 e. The molecule has 1 fully saturated rings. The Morgan fingerprint density at radius 1 is 1.00 bits per heavy atom. The maximum Gasteiger partial charge on any atom is 0.0468 e. The smallest absolute Gasteiger partial charge is 0.0468 e. The fraction of sp³-hybridized carbons (Fsp3) is 0.444. The van der Waals surface area contributed by atoms with Crippen LogP contribution in [-0.2, 0) is 0 Å². The third-order valence-corrected chi connectivity index (χ3v) is 4.69. The zero-order valence-corrected chi connectivity index (χ0v) is 12.0. The van der Waals surface area contributed by atoms with Crippen LogP contribution in [0.2, 0.25) is 0 Å². The summed E-state index contributed by atoms with van der Waals surface area (Å²) >= 11 is 0. The van der Waals surface area contributed by atoms with Gasteiger partial charge >= 0.3 is 0 Å². The fourth-order valence-corrected chi connectivity index (χ4v) is 3.60. The van der Waals surface area contributed by atoms with Crippen LogP contribution in [-0.4, -0.2) is 0 Å². The average molecular weight is 268 g/mol. The largest absolute Gasteiger partial charge is 0.271 e. The van der Waals surface area contributed by atoms with Crippen LogP contribution in [0.1, 0.15) is 50.1 Å². The first-order valence-corrected chi connectivity index (χ1v) is 7.82. The van der Waals surface area contributed by atoms with E-state index in [0.29, 0.717) is 0 Å². The van der Waals surface area contributed by atoms with Crippen molar-refractivity contribution in [2.24, 2.45) is 11.8 Å². The van der Waals surface area contributed by atoms with Gasteiger partial charge < -0.3 is 0 Å². The summed E-state index contributed by atoms with van der Waals surface area (Å²) in [5.41, 5.74) is 4.40. The van der Waals surface area contributed by atoms with Crippen molar-refractivity contribution in [3.05, 3.63) is 48.0 Å². The molecule has 1 aliphatic rings. The van der Waals surface area contributed by atoms with Gasteiger partial charge in [-0.3, -0.25) is 11.3 Å². The Labute approximate surface area is 121 Å². The zero-order chi connectivity index (χ0) is 13.8. The van der Waals surface area contributed by atoms with Gasteiger partial charge in [-0.05, 0) is 28.7 Å². The van der Waals surface area contributed by atoms with Gasteiger partial charge in [0.1, 0.15) is 0 Å². The summed E-state index contributed by atoms with van der Waals surface area (Å²) in [6, 6.07) is 15.4. The molecule has 20 heavy (non-hydrogen) atoms. The zero-order valence-electron chi connectivity index (χ0n) is 12.0. The van der Waals surface area contributed by atoms with E-state index in [9.17, 15) is 0 Å². The van der Waals surface area contributed by atoms with Gasteiger partial charge in [0.2, 0.25) is 0 Å². The molecule has 1 atom stereocenters. The van der Waals surface area contributed by atoms with Crippen LogP contribution in [0.5, 0.6) is 0 Å². The Hall–Kier alpha value is -1.38. The SMILES string of the molecule is NNC(CC1CCCCC1)c1cccc2ccccc12. The number of fused-ring (bicyclic) bond motifs is 1. The Morgan fingerprint density at radius 2 is 1.75 bits per heavy atom. The number of hydrazine groups is 1. The highest BCUT2D eigenvalue weighted by Crippen LogP contribution is 2.33. The second kappa shape index (κ2) is 6.38. The maximum atomic E-state index is 5.86. The molecule has 0 spiro atoms. The molecule has 2 heteroatoms. The lowest BCUT2D eigenvalue weighted by Crippen LogP contribution is -2.30. The van der Waals surface area contributed by atoms with Gasteiger partial charge in [-0.2, -0.15) is 0 Å². The molecule has 1 aliphatic carbocycles. The molecule has 0 aromatic heterocycles. The Kier molecular flexibility index (Phi) is 4.34. The Morgan fingerprint density at radius 3 is 2.55 bits per heavy atom. The first-order valence-electron chi connectivity index (χ1n) is 7.82. The van der Waals surface area contributed by atoms with Gasteiger partial charge in [0.25, 0.3) is 0 Å². The Balaban J connectivity index is 1.86. The van der Waals surface area contributed by atoms with E-state index in [-0.39, 0.29) is 6.04 Å². The number of rotatable bonds is 4. The van der Waals surface area contributed by atoms with E-state index in [0.717, 1.165) is 12.3 Å². The predicted molar refractivity (Wildman–Crippen MR) is 85.2 cm³/mol. The van der Waals surface area contributed by atoms with E-state index in [1.165, 1.54) is 48.4 Å². The number of nitrogens with two attached hydrogens (primary N) is 1. The van der Waals surface area contributed by atoms with Crippen LogP contribution in [0, 0.1) is 5.92 Å². The summed E-state index contributed by atoms with van der Waals surface area (Å²) in [5.74, 6) is 6.69. The summed E-state index contributed by atoms with van der Waals surface area (Å²) in [6.07, 6.45) is 8.07. The molecule has 3 rings (SSSR count). The molecule has 0 radical (unpaired) electrons. The van der Waals surface area contributed by atoms with Crippen molar-refractivity contribution >= 4 is 10.8 Å². The summed E-state index contributed by atoms with van der Waals surface area (Å²) in [4.78, 5) is 0. The summed E-state index contributed by atoms with van der Waals surface area (Å²) < 4.78 is 0. The summed E-state index contributed by atoms with van der Waals surface area (Å²) in [5, 5.41) is 2.63. The standard InChI is InChI=1S/C18H24N2/c19-20-18(13-14-7-2-1-3-8-14)17-12-6-10-15-9-4-5-11-16(15)17/h4-6,9-12,14,18,20H,1-3,7-8,13,19H2. The van der Waals surface area contributed by atoms with E-state index < -0.39 is 0 Å². The predicted octanol–water partition coefficient (Wildman–Crippen LogP) is 4.31. The molecule has 0 saturated heterocycles. The second-order valence-electron chi connectivity index (χ2n) is 6.03. The van der Waals surface area contributed by atoms with E-state index in [1.807, 2.05) is 0 Å². The van der Waals surface area contributed by atoms with Gasteiger partial charge in [-0.25, -0.2) is 0 Å². The van der Waals surface area contributed by atoms with Crippen LogP contribution < -0.4 is 11.3 Å². The molecule has 0 heterocycles. The minimum absolute atomic E-state index is 0.268. The van der Waals surface area contributed by atoms with Crippen molar-refractivity contribution < 1.29 is 0 Å². The van der Waals surface area contributed by atoms with Gasteiger partial charge in [0.05, 0.1) is 0 Å². The average Bonchev–Trinajstić information content (AvgIpc) is 2.53. The molecule has 2 aromatic rings. The van der Waals surface area contributed by atoms with Crippen LogP contribution in [0.4, 0.5) is 0 Å². The Bertz CT molecular complexity index is 553. The third kappa shape index (κ3) is 2.87. The lowest BCUT2D eigenvalue weighted by Gasteiger charge is -2.27. The highest BCUT2D eigenvalue weighted by atomic mass is 15.2. The number of benzene rings is 2. The van der Waals surface area contributed by atoms with Crippen LogP contribution in [0.25, 0.3) is 10.8 Å². The van der Waals surface area contributed by atoms with Crippen molar-refractivity contribution in [3.63, 3.8) is 0 Å². The lowest BCUT2D eigenvalue weighted by atomic mass is 9.83. The molecular formula is C18H24N2. The van der Waals surface area contributed by atoms with Crippen molar-refractivity contribution in [3.8, 4) is 0 Å². The number of hydrogen-bond donors (Lipinski definition) is 2. The van der Waals surface area contributed by atoms with Crippen molar-refractivity contribution in [1.82, 2.24) is 5.43 Å².